The van der Waals surface area contributed by atoms with E-state index in [0.717, 1.165) is 61.0 Å². The van der Waals surface area contributed by atoms with Gasteiger partial charge in [0.15, 0.2) is 0 Å². The molecule has 2 aliphatic heterocycles. The third-order valence-electron chi connectivity index (χ3n) is 8.69. The van der Waals surface area contributed by atoms with E-state index in [2.05, 4.69) is 82.8 Å². The first-order chi connectivity index (χ1) is 18.9. The van der Waals surface area contributed by atoms with Crippen LogP contribution < -0.4 is 4.90 Å². The molecule has 0 bridgehead atoms. The average Bonchev–Trinajstić information content (AvgIpc) is 2.91. The number of hydrogen-bond donors (Lipinski definition) is 1. The van der Waals surface area contributed by atoms with E-state index in [0.29, 0.717) is 11.3 Å². The lowest BCUT2D eigenvalue weighted by atomic mass is 9.72. The van der Waals surface area contributed by atoms with Gasteiger partial charge in [-0.25, -0.2) is 0 Å². The first-order valence-electron chi connectivity index (χ1n) is 14.6. The lowest BCUT2D eigenvalue weighted by molar-refractivity contribution is 0.422. The number of hydrogen-bond acceptors (Lipinski definition) is 4. The molecule has 0 aliphatic carbocycles. The van der Waals surface area contributed by atoms with Gasteiger partial charge in [0, 0.05) is 24.7 Å². The monoisotopic (exact) mass is 531 g/mol. The second kappa shape index (κ2) is 10.3. The van der Waals surface area contributed by atoms with Gasteiger partial charge in [0.1, 0.15) is 5.75 Å². The van der Waals surface area contributed by atoms with Crippen molar-refractivity contribution in [2.45, 2.75) is 89.9 Å². The van der Waals surface area contributed by atoms with Crippen LogP contribution in [0.15, 0.2) is 48.5 Å². The first kappa shape index (κ1) is 27.8. The third kappa shape index (κ3) is 5.09. The van der Waals surface area contributed by atoms with Crippen LogP contribution in [0.3, 0.4) is 0 Å². The van der Waals surface area contributed by atoms with Gasteiger partial charge in [-0.05, 0) is 87.6 Å². The van der Waals surface area contributed by atoms with Gasteiger partial charge in [-0.1, -0.05) is 77.9 Å². The Hall–Kier alpha value is -3.76. The average molecular weight is 532 g/mol. The lowest BCUT2D eigenvalue weighted by Crippen LogP contribution is -2.34. The van der Waals surface area contributed by atoms with Gasteiger partial charge in [0.05, 0.1) is 23.6 Å². The van der Waals surface area contributed by atoms with E-state index in [1.54, 1.807) is 0 Å². The molecule has 40 heavy (non-hydrogen) atoms. The zero-order chi connectivity index (χ0) is 28.8. The van der Waals surface area contributed by atoms with E-state index in [4.69, 9.17) is 0 Å². The van der Waals surface area contributed by atoms with Crippen LogP contribution in [-0.4, -0.2) is 18.2 Å². The predicted octanol–water partition coefficient (Wildman–Crippen LogP) is 8.00. The Morgan fingerprint density at radius 3 is 1.70 bits per heavy atom. The van der Waals surface area contributed by atoms with Crippen LogP contribution in [0.2, 0.25) is 0 Å². The summed E-state index contributed by atoms with van der Waals surface area (Å²) >= 11 is 0. The Labute approximate surface area is 239 Å². The Balaban J connectivity index is 1.79. The molecular weight excluding hydrogens is 490 g/mol. The van der Waals surface area contributed by atoms with E-state index in [1.165, 1.54) is 22.4 Å². The third-order valence-corrected chi connectivity index (χ3v) is 8.69. The van der Waals surface area contributed by atoms with Crippen molar-refractivity contribution in [2.75, 3.05) is 18.0 Å². The summed E-state index contributed by atoms with van der Waals surface area (Å²) in [7, 11) is 0. The molecule has 1 N–H and O–H groups in total. The van der Waals surface area contributed by atoms with Gasteiger partial charge >= 0.3 is 0 Å². The van der Waals surface area contributed by atoms with Crippen LogP contribution in [0, 0.1) is 22.7 Å². The molecule has 2 heterocycles. The van der Waals surface area contributed by atoms with Crippen molar-refractivity contribution in [1.82, 2.24) is 0 Å². The summed E-state index contributed by atoms with van der Waals surface area (Å²) in [5, 5.41) is 31.6. The number of nitriles is 2. The topological polar surface area (TPSA) is 71.0 Å². The van der Waals surface area contributed by atoms with Crippen molar-refractivity contribution in [3.63, 3.8) is 0 Å². The number of aryl methyl sites for hydroxylation is 2. The molecule has 206 valence electrons. The molecule has 0 radical (unpaired) electrons. The van der Waals surface area contributed by atoms with Crippen molar-refractivity contribution < 1.29 is 5.11 Å². The number of phenols is 1. The highest BCUT2D eigenvalue weighted by Gasteiger charge is 2.34. The minimum absolute atomic E-state index is 0.223. The second-order valence-corrected chi connectivity index (χ2v) is 13.7. The van der Waals surface area contributed by atoms with Crippen LogP contribution in [0.5, 0.6) is 5.75 Å². The zero-order valence-electron chi connectivity index (χ0n) is 24.8. The molecule has 0 saturated carbocycles. The molecule has 3 aromatic rings. The normalized spacial score (nSPS) is 16.4. The minimum Gasteiger partial charge on any atom is -0.507 e. The molecular formula is C36H41N3O. The standard InChI is InChI=1S/C36H41N3O/c1-35(2,3)30-19-28(20-31(34(30)40)36(4,5)6)32(29(22-38)24-13-11-23(21-37)12-14-24)27-17-25-9-7-15-39-16-8-10-26(18-27)33(25)39/h11-14,17-20,29,32,40H,7-10,15-16H2,1-6H3. The first-order valence-corrected chi connectivity index (χ1v) is 14.6. The van der Waals surface area contributed by atoms with E-state index in [-0.39, 0.29) is 16.7 Å². The Morgan fingerprint density at radius 2 is 1.25 bits per heavy atom. The number of anilines is 1. The van der Waals surface area contributed by atoms with E-state index in [1.807, 2.05) is 24.3 Å². The maximum Gasteiger partial charge on any atom is 0.123 e. The molecule has 0 spiro atoms. The number of nitrogens with zero attached hydrogens (tertiary/aromatic N) is 3. The van der Waals surface area contributed by atoms with Crippen molar-refractivity contribution in [1.29, 1.82) is 10.5 Å². The fourth-order valence-electron chi connectivity index (χ4n) is 6.67. The van der Waals surface area contributed by atoms with Crippen LogP contribution in [-0.2, 0) is 23.7 Å². The molecule has 3 aromatic carbocycles. The van der Waals surface area contributed by atoms with Crippen molar-refractivity contribution in [2.24, 2.45) is 0 Å². The summed E-state index contributed by atoms with van der Waals surface area (Å²) in [4.78, 5) is 2.55. The maximum absolute atomic E-state index is 11.5. The van der Waals surface area contributed by atoms with Gasteiger partial charge in [0.25, 0.3) is 0 Å². The molecule has 2 aliphatic rings. The summed E-state index contributed by atoms with van der Waals surface area (Å²) in [5.41, 5.74) is 9.18. The summed E-state index contributed by atoms with van der Waals surface area (Å²) in [6, 6.07) is 21.3. The summed E-state index contributed by atoms with van der Waals surface area (Å²) in [6.45, 7) is 15.0. The molecule has 2 atom stereocenters. The smallest absolute Gasteiger partial charge is 0.123 e. The molecule has 5 rings (SSSR count). The molecule has 0 saturated heterocycles. The molecule has 0 amide bonds. The lowest BCUT2D eigenvalue weighted by Gasteiger charge is -2.38. The largest absolute Gasteiger partial charge is 0.507 e. The van der Waals surface area contributed by atoms with Crippen molar-refractivity contribution >= 4 is 5.69 Å². The molecule has 4 nitrogen and oxygen atoms in total. The zero-order valence-corrected chi connectivity index (χ0v) is 24.8. The molecule has 0 aromatic heterocycles. The summed E-state index contributed by atoms with van der Waals surface area (Å²) in [6.07, 6.45) is 4.42. The minimum atomic E-state index is -0.452. The fraction of sp³-hybridized carbons (Fsp3) is 0.444. The SMILES string of the molecule is CC(C)(C)c1cc(C(c2cc3c4c(c2)CCCN4CCC3)C(C#N)c2ccc(C#N)cc2)cc(C(C)(C)C)c1O. The summed E-state index contributed by atoms with van der Waals surface area (Å²) in [5.74, 6) is -0.323. The molecule has 4 heteroatoms. The Bertz CT molecular complexity index is 1440. The van der Waals surface area contributed by atoms with E-state index >= 15 is 0 Å². The fourth-order valence-corrected chi connectivity index (χ4v) is 6.67. The molecule has 0 fully saturated rings. The predicted molar refractivity (Wildman–Crippen MR) is 162 cm³/mol. The molecule has 2 unspecified atom stereocenters. The number of benzene rings is 3. The highest BCUT2D eigenvalue weighted by molar-refractivity contribution is 5.65. The van der Waals surface area contributed by atoms with E-state index in [9.17, 15) is 15.6 Å². The van der Waals surface area contributed by atoms with Crippen LogP contribution in [0.25, 0.3) is 0 Å². The second-order valence-electron chi connectivity index (χ2n) is 13.7. The van der Waals surface area contributed by atoms with Gasteiger partial charge in [-0.15, -0.1) is 0 Å². The Morgan fingerprint density at radius 1 is 0.750 bits per heavy atom. The van der Waals surface area contributed by atoms with Gasteiger partial charge in [-0.3, -0.25) is 0 Å². The number of aromatic hydroxyl groups is 1. The maximum atomic E-state index is 11.5. The quantitative estimate of drug-likeness (QED) is 0.370. The van der Waals surface area contributed by atoms with Gasteiger partial charge in [0.2, 0.25) is 0 Å². The van der Waals surface area contributed by atoms with Crippen LogP contribution >= 0.6 is 0 Å². The number of rotatable bonds is 4. The summed E-state index contributed by atoms with van der Waals surface area (Å²) < 4.78 is 0. The Kier molecular flexibility index (Phi) is 7.18. The van der Waals surface area contributed by atoms with Crippen molar-refractivity contribution in [3.8, 4) is 17.9 Å². The highest BCUT2D eigenvalue weighted by Crippen LogP contribution is 2.47. The van der Waals surface area contributed by atoms with E-state index < -0.39 is 5.92 Å². The van der Waals surface area contributed by atoms with Crippen molar-refractivity contribution in [3.05, 3.63) is 93.0 Å². The van der Waals surface area contributed by atoms with Crippen LogP contribution in [0.4, 0.5) is 5.69 Å². The number of phenolic OH excluding ortho intramolecular Hbond substituents is 1. The van der Waals surface area contributed by atoms with Crippen LogP contribution in [0.1, 0.15) is 111 Å². The highest BCUT2D eigenvalue weighted by atomic mass is 16.3. The van der Waals surface area contributed by atoms with Gasteiger partial charge < -0.3 is 10.0 Å². The van der Waals surface area contributed by atoms with Gasteiger partial charge in [-0.2, -0.15) is 10.5 Å².